The van der Waals surface area contributed by atoms with Crippen LogP contribution in [-0.2, 0) is 4.79 Å². The number of nitrogens with zero attached hydrogens (tertiary/aromatic N) is 1. The molecule has 0 radical (unpaired) electrons. The zero-order chi connectivity index (χ0) is 15.8. The third-order valence-corrected chi connectivity index (χ3v) is 4.49. The van der Waals surface area contributed by atoms with Crippen LogP contribution in [0.4, 0.5) is 4.79 Å². The van der Waals surface area contributed by atoms with Gasteiger partial charge in [-0.25, -0.2) is 4.79 Å². The van der Waals surface area contributed by atoms with E-state index in [0.717, 1.165) is 32.4 Å². The summed E-state index contributed by atoms with van der Waals surface area (Å²) in [5.41, 5.74) is 0. The second-order valence-electron chi connectivity index (χ2n) is 6.43. The van der Waals surface area contributed by atoms with Crippen molar-refractivity contribution in [2.24, 2.45) is 17.8 Å². The van der Waals surface area contributed by atoms with Gasteiger partial charge in [-0.1, -0.05) is 27.2 Å². The third-order valence-electron chi connectivity index (χ3n) is 4.49. The Balaban J connectivity index is 2.42. The lowest BCUT2D eigenvalue weighted by Gasteiger charge is -2.23. The molecular formula is C16H30N2O3. The highest BCUT2D eigenvalue weighted by Gasteiger charge is 2.23. The number of likely N-dealkylation sites (tertiary alicyclic amines) is 1. The zero-order valence-corrected chi connectivity index (χ0v) is 13.6. The Morgan fingerprint density at radius 1 is 1.29 bits per heavy atom. The lowest BCUT2D eigenvalue weighted by Crippen LogP contribution is -2.43. The van der Waals surface area contributed by atoms with Gasteiger partial charge in [0.25, 0.3) is 0 Å². The minimum atomic E-state index is -0.826. The van der Waals surface area contributed by atoms with E-state index < -0.39 is 11.9 Å². The highest BCUT2D eigenvalue weighted by Crippen LogP contribution is 2.24. The molecule has 0 saturated carbocycles. The summed E-state index contributed by atoms with van der Waals surface area (Å²) < 4.78 is 0. The molecule has 2 atom stereocenters. The van der Waals surface area contributed by atoms with Crippen LogP contribution in [0.25, 0.3) is 0 Å². The van der Waals surface area contributed by atoms with E-state index in [1.54, 1.807) is 0 Å². The number of hydrogen-bond donors (Lipinski definition) is 2. The Morgan fingerprint density at radius 3 is 2.57 bits per heavy atom. The Hall–Kier alpha value is -1.26. The SMILES string of the molecule is CCCC(CNC(=O)N1CCCC(C(C)C)CC1)C(=O)O. The van der Waals surface area contributed by atoms with Gasteiger partial charge in [0.05, 0.1) is 5.92 Å². The highest BCUT2D eigenvalue weighted by atomic mass is 16.4. The van der Waals surface area contributed by atoms with Crippen molar-refractivity contribution in [1.82, 2.24) is 10.2 Å². The fraction of sp³-hybridized carbons (Fsp3) is 0.875. The first-order valence-electron chi connectivity index (χ1n) is 8.21. The predicted molar refractivity (Wildman–Crippen MR) is 83.2 cm³/mol. The van der Waals surface area contributed by atoms with Gasteiger partial charge in [-0.3, -0.25) is 4.79 Å². The molecule has 0 aromatic rings. The summed E-state index contributed by atoms with van der Waals surface area (Å²) in [6.07, 6.45) is 4.67. The second kappa shape index (κ2) is 8.90. The summed E-state index contributed by atoms with van der Waals surface area (Å²) in [6, 6.07) is -0.109. The molecule has 21 heavy (non-hydrogen) atoms. The number of aliphatic carboxylic acids is 1. The van der Waals surface area contributed by atoms with Crippen LogP contribution < -0.4 is 5.32 Å². The largest absolute Gasteiger partial charge is 0.481 e. The van der Waals surface area contributed by atoms with Crippen molar-refractivity contribution in [1.29, 1.82) is 0 Å². The number of carbonyl (C=O) groups is 2. The first kappa shape index (κ1) is 17.8. The molecule has 5 heteroatoms. The topological polar surface area (TPSA) is 69.6 Å². The van der Waals surface area contributed by atoms with Gasteiger partial charge >= 0.3 is 12.0 Å². The molecule has 0 aromatic carbocycles. The number of rotatable bonds is 6. The predicted octanol–water partition coefficient (Wildman–Crippen LogP) is 2.96. The van der Waals surface area contributed by atoms with E-state index >= 15 is 0 Å². The van der Waals surface area contributed by atoms with Crippen molar-refractivity contribution in [3.8, 4) is 0 Å². The van der Waals surface area contributed by atoms with Crippen molar-refractivity contribution in [2.45, 2.75) is 52.9 Å². The lowest BCUT2D eigenvalue weighted by atomic mass is 9.89. The van der Waals surface area contributed by atoms with Crippen LogP contribution in [0, 0.1) is 17.8 Å². The molecule has 122 valence electrons. The molecule has 5 nitrogen and oxygen atoms in total. The van der Waals surface area contributed by atoms with Gasteiger partial charge in [0.2, 0.25) is 0 Å². The van der Waals surface area contributed by atoms with Crippen molar-refractivity contribution in [3.63, 3.8) is 0 Å². The van der Waals surface area contributed by atoms with E-state index in [1.807, 2.05) is 11.8 Å². The number of hydrogen-bond acceptors (Lipinski definition) is 2. The smallest absolute Gasteiger partial charge is 0.317 e. The van der Waals surface area contributed by atoms with Crippen LogP contribution in [0.2, 0.25) is 0 Å². The van der Waals surface area contributed by atoms with Gasteiger partial charge < -0.3 is 15.3 Å². The molecule has 2 N–H and O–H groups in total. The van der Waals surface area contributed by atoms with Crippen LogP contribution in [0.15, 0.2) is 0 Å². The van der Waals surface area contributed by atoms with E-state index in [4.69, 9.17) is 5.11 Å². The molecule has 1 fully saturated rings. The Kier molecular flexibility index (Phi) is 7.54. The molecule has 0 spiro atoms. The summed E-state index contributed by atoms with van der Waals surface area (Å²) in [4.78, 5) is 25.1. The number of amides is 2. The maximum absolute atomic E-state index is 12.2. The molecule has 1 rings (SSSR count). The van der Waals surface area contributed by atoms with Crippen molar-refractivity contribution in [2.75, 3.05) is 19.6 Å². The average molecular weight is 298 g/mol. The molecule has 1 saturated heterocycles. The maximum Gasteiger partial charge on any atom is 0.317 e. The van der Waals surface area contributed by atoms with E-state index in [0.29, 0.717) is 18.3 Å². The summed E-state index contributed by atoms with van der Waals surface area (Å²) in [6.45, 7) is 8.22. The van der Waals surface area contributed by atoms with Crippen LogP contribution in [0.3, 0.4) is 0 Å². The van der Waals surface area contributed by atoms with Crippen molar-refractivity contribution in [3.05, 3.63) is 0 Å². The quantitative estimate of drug-likeness (QED) is 0.792. The third kappa shape index (κ3) is 5.94. The molecular weight excluding hydrogens is 268 g/mol. The summed E-state index contributed by atoms with van der Waals surface area (Å²) >= 11 is 0. The van der Waals surface area contributed by atoms with Crippen LogP contribution in [0.5, 0.6) is 0 Å². The molecule has 2 unspecified atom stereocenters. The number of carboxylic acids is 1. The maximum atomic E-state index is 12.2. The minimum absolute atomic E-state index is 0.109. The second-order valence-corrected chi connectivity index (χ2v) is 6.43. The van der Waals surface area contributed by atoms with E-state index in [-0.39, 0.29) is 12.6 Å². The monoisotopic (exact) mass is 298 g/mol. The fourth-order valence-corrected chi connectivity index (χ4v) is 2.98. The van der Waals surface area contributed by atoms with Gasteiger partial charge in [0.1, 0.15) is 0 Å². The molecule has 1 aliphatic heterocycles. The molecule has 1 aliphatic rings. The first-order valence-corrected chi connectivity index (χ1v) is 8.21. The average Bonchev–Trinajstić information content (AvgIpc) is 2.68. The molecule has 2 amide bonds. The standard InChI is InChI=1S/C16H30N2O3/c1-4-6-14(15(19)20)11-17-16(21)18-9-5-7-13(8-10-18)12(2)3/h12-14H,4-11H2,1-3H3,(H,17,21)(H,19,20). The molecule has 0 bridgehead atoms. The van der Waals surface area contributed by atoms with Gasteiger partial charge in [-0.05, 0) is 37.5 Å². The Bertz CT molecular complexity index is 344. The molecule has 0 aromatic heterocycles. The highest BCUT2D eigenvalue weighted by molar-refractivity contribution is 5.76. The minimum Gasteiger partial charge on any atom is -0.481 e. The summed E-state index contributed by atoms with van der Waals surface area (Å²) in [5, 5.41) is 11.9. The van der Waals surface area contributed by atoms with Crippen LogP contribution in [0.1, 0.15) is 52.9 Å². The number of urea groups is 1. The van der Waals surface area contributed by atoms with Crippen LogP contribution >= 0.6 is 0 Å². The summed E-state index contributed by atoms with van der Waals surface area (Å²) in [7, 11) is 0. The van der Waals surface area contributed by atoms with Gasteiger partial charge in [-0.15, -0.1) is 0 Å². The first-order chi connectivity index (χ1) is 9.95. The van der Waals surface area contributed by atoms with Gasteiger partial charge in [0, 0.05) is 19.6 Å². The molecule has 0 aliphatic carbocycles. The number of nitrogens with one attached hydrogen (secondary N) is 1. The van der Waals surface area contributed by atoms with Gasteiger partial charge in [0.15, 0.2) is 0 Å². The number of carboxylic acid groups (broad SMARTS) is 1. The zero-order valence-electron chi connectivity index (χ0n) is 13.6. The Morgan fingerprint density at radius 2 is 2.00 bits per heavy atom. The fourth-order valence-electron chi connectivity index (χ4n) is 2.98. The van der Waals surface area contributed by atoms with E-state index in [2.05, 4.69) is 19.2 Å². The normalized spacial score (nSPS) is 21.0. The summed E-state index contributed by atoms with van der Waals surface area (Å²) in [5.74, 6) is 0.0471. The Labute approximate surface area is 128 Å². The van der Waals surface area contributed by atoms with Crippen LogP contribution in [-0.4, -0.2) is 41.6 Å². The number of carbonyl (C=O) groups excluding carboxylic acids is 1. The lowest BCUT2D eigenvalue weighted by molar-refractivity contribution is -0.141. The molecule has 1 heterocycles. The van der Waals surface area contributed by atoms with E-state index in [1.165, 1.54) is 6.42 Å². The van der Waals surface area contributed by atoms with E-state index in [9.17, 15) is 9.59 Å². The van der Waals surface area contributed by atoms with Gasteiger partial charge in [-0.2, -0.15) is 0 Å². The van der Waals surface area contributed by atoms with Crippen molar-refractivity contribution >= 4 is 12.0 Å². The van der Waals surface area contributed by atoms with Crippen molar-refractivity contribution < 1.29 is 14.7 Å².